The molecule has 4 heteroatoms. The third-order valence-corrected chi connectivity index (χ3v) is 3.46. The van der Waals surface area contributed by atoms with Crippen LogP contribution in [0.15, 0.2) is 0 Å². The van der Waals surface area contributed by atoms with Gasteiger partial charge in [-0.05, 0) is 19.9 Å². The van der Waals surface area contributed by atoms with Gasteiger partial charge in [0.2, 0.25) is 0 Å². The molecule has 1 fully saturated rings. The number of rotatable bonds is 6. The molecule has 0 saturated carbocycles. The number of nitrogens with zero attached hydrogens (tertiary/aromatic N) is 1. The first-order chi connectivity index (χ1) is 7.50. The Morgan fingerprint density at radius 2 is 2.25 bits per heavy atom. The SMILES string of the molecule is C#CC(CNCCC)C(C)N1CC(F)(P)C1. The Morgan fingerprint density at radius 3 is 2.69 bits per heavy atom. The Bertz CT molecular complexity index is 254. The van der Waals surface area contributed by atoms with E-state index >= 15 is 0 Å². The van der Waals surface area contributed by atoms with Crippen molar-refractivity contribution in [1.29, 1.82) is 0 Å². The van der Waals surface area contributed by atoms with Gasteiger partial charge in [0.1, 0.15) is 5.41 Å². The van der Waals surface area contributed by atoms with Crippen LogP contribution in [-0.4, -0.2) is 42.5 Å². The molecule has 0 aromatic rings. The van der Waals surface area contributed by atoms with E-state index in [4.69, 9.17) is 6.42 Å². The summed E-state index contributed by atoms with van der Waals surface area (Å²) < 4.78 is 13.3. The second kappa shape index (κ2) is 5.96. The number of terminal acetylenes is 1. The monoisotopic (exact) mass is 244 g/mol. The maximum absolute atomic E-state index is 13.3. The van der Waals surface area contributed by atoms with E-state index < -0.39 is 5.41 Å². The predicted molar refractivity (Wildman–Crippen MR) is 70.1 cm³/mol. The van der Waals surface area contributed by atoms with Crippen molar-refractivity contribution in [1.82, 2.24) is 10.2 Å². The standard InChI is InChI=1S/C12H22FN2P/c1-4-6-14-7-11(5-2)10(3)15-8-12(13,16)9-15/h2,10-11,14H,4,6-9,16H2,1,3H3. The molecule has 0 spiro atoms. The van der Waals surface area contributed by atoms with Crippen molar-refractivity contribution >= 4 is 9.24 Å². The highest BCUT2D eigenvalue weighted by molar-refractivity contribution is 7.18. The Kier molecular flexibility index (Phi) is 5.18. The lowest BCUT2D eigenvalue weighted by atomic mass is 9.97. The molecule has 1 aliphatic rings. The fourth-order valence-electron chi connectivity index (χ4n) is 1.97. The quantitative estimate of drug-likeness (QED) is 0.432. The van der Waals surface area contributed by atoms with Crippen LogP contribution >= 0.6 is 9.24 Å². The van der Waals surface area contributed by atoms with E-state index in [1.54, 1.807) is 0 Å². The van der Waals surface area contributed by atoms with E-state index in [1.165, 1.54) is 0 Å². The number of likely N-dealkylation sites (tertiary alicyclic amines) is 1. The molecule has 0 aromatic heterocycles. The minimum Gasteiger partial charge on any atom is -0.315 e. The molecule has 92 valence electrons. The van der Waals surface area contributed by atoms with Gasteiger partial charge in [0.25, 0.3) is 0 Å². The summed E-state index contributed by atoms with van der Waals surface area (Å²) in [6, 6.07) is 0.249. The predicted octanol–water partition coefficient (Wildman–Crippen LogP) is 1.48. The number of hydrogen-bond donors (Lipinski definition) is 1. The highest BCUT2D eigenvalue weighted by Gasteiger charge is 2.42. The molecular weight excluding hydrogens is 222 g/mol. The lowest BCUT2D eigenvalue weighted by Gasteiger charge is -2.47. The average Bonchev–Trinajstić information content (AvgIpc) is 2.20. The summed E-state index contributed by atoms with van der Waals surface area (Å²) in [4.78, 5) is 2.10. The third-order valence-electron chi connectivity index (χ3n) is 3.10. The number of halogens is 1. The van der Waals surface area contributed by atoms with Gasteiger partial charge in [-0.1, -0.05) is 16.2 Å². The zero-order valence-corrected chi connectivity index (χ0v) is 11.3. The minimum atomic E-state index is -1.09. The molecule has 1 saturated heterocycles. The maximum Gasteiger partial charge on any atom is 0.148 e. The molecule has 0 radical (unpaired) electrons. The second-order valence-corrected chi connectivity index (χ2v) is 5.69. The number of nitrogens with one attached hydrogen (secondary N) is 1. The molecule has 1 N–H and O–H groups in total. The molecular formula is C12H22FN2P. The highest BCUT2D eigenvalue weighted by atomic mass is 31.0. The Labute approximate surface area is 101 Å². The Morgan fingerprint density at radius 1 is 1.62 bits per heavy atom. The van der Waals surface area contributed by atoms with Crippen LogP contribution in [0.2, 0.25) is 0 Å². The smallest absolute Gasteiger partial charge is 0.148 e. The van der Waals surface area contributed by atoms with E-state index in [0.29, 0.717) is 13.1 Å². The average molecular weight is 244 g/mol. The van der Waals surface area contributed by atoms with Gasteiger partial charge in [0, 0.05) is 31.6 Å². The van der Waals surface area contributed by atoms with Gasteiger partial charge in [-0.3, -0.25) is 4.90 Å². The second-order valence-electron chi connectivity index (χ2n) is 4.66. The first-order valence-corrected chi connectivity index (χ1v) is 6.46. The number of hydrogen-bond acceptors (Lipinski definition) is 2. The molecule has 0 bridgehead atoms. The molecule has 0 aromatic carbocycles. The molecule has 1 heterocycles. The Balaban J connectivity index is 2.33. The van der Waals surface area contributed by atoms with Crippen LogP contribution in [0.4, 0.5) is 4.39 Å². The summed E-state index contributed by atoms with van der Waals surface area (Å²) in [6.07, 6.45) is 6.63. The van der Waals surface area contributed by atoms with Crippen LogP contribution < -0.4 is 5.32 Å². The molecule has 1 rings (SSSR count). The summed E-state index contributed by atoms with van der Waals surface area (Å²) in [5, 5.41) is 2.23. The van der Waals surface area contributed by atoms with Gasteiger partial charge in [-0.2, -0.15) is 0 Å². The van der Waals surface area contributed by atoms with Crippen LogP contribution in [0.3, 0.4) is 0 Å². The molecule has 0 amide bonds. The fraction of sp³-hybridized carbons (Fsp3) is 0.833. The summed E-state index contributed by atoms with van der Waals surface area (Å²) in [5.74, 6) is 2.96. The van der Waals surface area contributed by atoms with Crippen molar-refractivity contribution in [3.8, 4) is 12.3 Å². The van der Waals surface area contributed by atoms with E-state index in [2.05, 4.69) is 39.2 Å². The van der Waals surface area contributed by atoms with Gasteiger partial charge in [0.05, 0.1) is 0 Å². The molecule has 3 atom stereocenters. The van der Waals surface area contributed by atoms with Gasteiger partial charge in [-0.15, -0.1) is 12.3 Å². The van der Waals surface area contributed by atoms with Crippen LogP contribution in [0, 0.1) is 18.3 Å². The van der Waals surface area contributed by atoms with Crippen molar-refractivity contribution < 1.29 is 4.39 Å². The van der Waals surface area contributed by atoms with Crippen LogP contribution in [0.1, 0.15) is 20.3 Å². The van der Waals surface area contributed by atoms with Crippen LogP contribution in [0.5, 0.6) is 0 Å². The molecule has 3 unspecified atom stereocenters. The van der Waals surface area contributed by atoms with Crippen molar-refractivity contribution in [2.75, 3.05) is 26.2 Å². The van der Waals surface area contributed by atoms with Gasteiger partial charge in [0.15, 0.2) is 0 Å². The minimum absolute atomic E-state index is 0.160. The van der Waals surface area contributed by atoms with Crippen molar-refractivity contribution in [2.45, 2.75) is 31.7 Å². The van der Waals surface area contributed by atoms with Crippen LogP contribution in [0.25, 0.3) is 0 Å². The zero-order chi connectivity index (χ0) is 12.2. The van der Waals surface area contributed by atoms with E-state index in [1.807, 2.05) is 0 Å². The third kappa shape index (κ3) is 3.70. The van der Waals surface area contributed by atoms with E-state index in [0.717, 1.165) is 19.5 Å². The van der Waals surface area contributed by atoms with E-state index in [9.17, 15) is 4.39 Å². The first-order valence-electron chi connectivity index (χ1n) is 5.89. The van der Waals surface area contributed by atoms with E-state index in [-0.39, 0.29) is 12.0 Å². The molecule has 2 nitrogen and oxygen atoms in total. The fourth-order valence-corrected chi connectivity index (χ4v) is 2.44. The molecule has 1 aliphatic heterocycles. The summed E-state index contributed by atoms with van der Waals surface area (Å²) in [5.41, 5.74) is 0. The van der Waals surface area contributed by atoms with Crippen LogP contribution in [-0.2, 0) is 0 Å². The van der Waals surface area contributed by atoms with Crippen molar-refractivity contribution in [3.05, 3.63) is 0 Å². The summed E-state index contributed by atoms with van der Waals surface area (Å²) in [6.45, 7) is 6.97. The molecule has 0 aliphatic carbocycles. The Hall–Kier alpha value is -0.160. The van der Waals surface area contributed by atoms with Crippen molar-refractivity contribution in [2.24, 2.45) is 5.92 Å². The largest absolute Gasteiger partial charge is 0.315 e. The number of alkyl halides is 1. The van der Waals surface area contributed by atoms with Gasteiger partial charge >= 0.3 is 0 Å². The summed E-state index contributed by atoms with van der Waals surface area (Å²) >= 11 is 0. The summed E-state index contributed by atoms with van der Waals surface area (Å²) in [7, 11) is 2.26. The van der Waals surface area contributed by atoms with Gasteiger partial charge in [-0.25, -0.2) is 4.39 Å². The zero-order valence-electron chi connectivity index (χ0n) is 10.2. The highest BCUT2D eigenvalue weighted by Crippen LogP contribution is 2.34. The topological polar surface area (TPSA) is 15.3 Å². The normalized spacial score (nSPS) is 23.2. The lowest BCUT2D eigenvalue weighted by molar-refractivity contribution is -0.00196. The first kappa shape index (κ1) is 13.9. The molecule has 16 heavy (non-hydrogen) atoms. The maximum atomic E-state index is 13.3. The van der Waals surface area contributed by atoms with Gasteiger partial charge < -0.3 is 5.32 Å². The lowest BCUT2D eigenvalue weighted by Crippen LogP contribution is -2.60. The van der Waals surface area contributed by atoms with Crippen molar-refractivity contribution in [3.63, 3.8) is 0 Å².